The van der Waals surface area contributed by atoms with Gasteiger partial charge in [-0.25, -0.2) is 9.79 Å². The molecule has 0 saturated carbocycles. The maximum absolute atomic E-state index is 10.1. The van der Waals surface area contributed by atoms with Crippen LogP contribution in [0.1, 0.15) is 0 Å². The first-order valence-electron chi connectivity index (χ1n) is 5.45. The van der Waals surface area contributed by atoms with E-state index in [-0.39, 0.29) is 13.2 Å². The molecule has 0 spiro atoms. The predicted octanol–water partition coefficient (Wildman–Crippen LogP) is -0.625. The van der Waals surface area contributed by atoms with Crippen molar-refractivity contribution in [2.24, 2.45) is 4.99 Å². The van der Waals surface area contributed by atoms with Crippen LogP contribution in [0.3, 0.4) is 0 Å². The quantitative estimate of drug-likeness (QED) is 0.417. The maximum atomic E-state index is 10.1. The van der Waals surface area contributed by atoms with Gasteiger partial charge in [-0.1, -0.05) is 0 Å². The fraction of sp³-hybridized carbons (Fsp3) is 0.909. The first-order chi connectivity index (χ1) is 8.69. The van der Waals surface area contributed by atoms with Crippen molar-refractivity contribution in [3.63, 3.8) is 0 Å². The summed E-state index contributed by atoms with van der Waals surface area (Å²) in [6.45, 7) is -0.123. The number of aliphatic hydroxyl groups excluding tert-OH is 1. The summed E-state index contributed by atoms with van der Waals surface area (Å²) in [6, 6.07) is 0. The van der Waals surface area contributed by atoms with Gasteiger partial charge in [-0.3, -0.25) is 0 Å². The zero-order valence-electron chi connectivity index (χ0n) is 11.2. The van der Waals surface area contributed by atoms with Crippen LogP contribution in [-0.2, 0) is 23.7 Å². The predicted molar refractivity (Wildman–Crippen MR) is 63.3 cm³/mol. The molecular formula is C11H21NO6. The van der Waals surface area contributed by atoms with Gasteiger partial charge < -0.3 is 24.1 Å². The van der Waals surface area contributed by atoms with Crippen LogP contribution in [0.4, 0.5) is 0 Å². The molecule has 0 bridgehead atoms. The Morgan fingerprint density at radius 3 is 1.83 bits per heavy atom. The van der Waals surface area contributed by atoms with Gasteiger partial charge in [0.05, 0.1) is 13.2 Å². The molecule has 0 amide bonds. The van der Waals surface area contributed by atoms with Gasteiger partial charge in [-0.2, -0.15) is 0 Å². The Morgan fingerprint density at radius 2 is 1.50 bits per heavy atom. The van der Waals surface area contributed by atoms with Crippen LogP contribution >= 0.6 is 0 Å². The smallest absolute Gasteiger partial charge is 0.235 e. The first kappa shape index (κ1) is 17.2. The van der Waals surface area contributed by atoms with Gasteiger partial charge in [0.25, 0.3) is 0 Å². The minimum Gasteiger partial charge on any atom is -0.394 e. The molecule has 7 nitrogen and oxygen atoms in total. The molecule has 0 saturated heterocycles. The summed E-state index contributed by atoms with van der Waals surface area (Å²) in [5, 5.41) is 9.22. The van der Waals surface area contributed by atoms with E-state index in [9.17, 15) is 9.90 Å². The average molecular weight is 263 g/mol. The summed E-state index contributed by atoms with van der Waals surface area (Å²) >= 11 is 0. The summed E-state index contributed by atoms with van der Waals surface area (Å²) in [5.41, 5.74) is 0. The fourth-order valence-corrected chi connectivity index (χ4v) is 1.75. The molecule has 7 heteroatoms. The maximum Gasteiger partial charge on any atom is 0.235 e. The molecule has 0 aliphatic rings. The third kappa shape index (κ3) is 4.81. The Kier molecular flexibility index (Phi) is 9.67. The summed E-state index contributed by atoms with van der Waals surface area (Å²) in [4.78, 5) is 13.6. The van der Waals surface area contributed by atoms with Crippen molar-refractivity contribution in [2.45, 2.75) is 24.4 Å². The van der Waals surface area contributed by atoms with Gasteiger partial charge in [0, 0.05) is 28.4 Å². The lowest BCUT2D eigenvalue weighted by Gasteiger charge is -2.33. The zero-order valence-corrected chi connectivity index (χ0v) is 11.2. The Bertz CT molecular complexity index is 252. The zero-order chi connectivity index (χ0) is 14.0. The molecule has 0 aromatic rings. The highest BCUT2D eigenvalue weighted by Crippen LogP contribution is 2.16. The molecule has 1 N–H and O–H groups in total. The number of isocyanates is 1. The Hall–Kier alpha value is -0.820. The van der Waals surface area contributed by atoms with Crippen molar-refractivity contribution in [1.82, 2.24) is 0 Å². The molecule has 0 aliphatic heterocycles. The highest BCUT2D eigenvalue weighted by molar-refractivity contribution is 5.32. The first-order valence-corrected chi connectivity index (χ1v) is 5.45. The molecule has 4 atom stereocenters. The van der Waals surface area contributed by atoms with Gasteiger partial charge in [-0.05, 0) is 0 Å². The number of aliphatic imine (C=N–C) groups is 1. The van der Waals surface area contributed by atoms with E-state index < -0.39 is 24.4 Å². The highest BCUT2D eigenvalue weighted by atomic mass is 16.6. The van der Waals surface area contributed by atoms with Crippen LogP contribution in [-0.4, -0.2) is 77.2 Å². The molecule has 0 unspecified atom stereocenters. The van der Waals surface area contributed by atoms with Gasteiger partial charge in [0.15, 0.2) is 0 Å². The fourth-order valence-electron chi connectivity index (χ4n) is 1.75. The van der Waals surface area contributed by atoms with Crippen LogP contribution in [0.2, 0.25) is 0 Å². The monoisotopic (exact) mass is 263 g/mol. The number of aliphatic hydroxyl groups is 1. The summed E-state index contributed by atoms with van der Waals surface area (Å²) in [7, 11) is 5.90. The van der Waals surface area contributed by atoms with Crippen molar-refractivity contribution in [3.05, 3.63) is 0 Å². The SMILES string of the molecule is CO[C@@H]([C@H](OC)[C@@H](CO)OC)[C@H](CN=C=O)OC. The average Bonchev–Trinajstić information content (AvgIpc) is 2.41. The van der Waals surface area contributed by atoms with Gasteiger partial charge in [0.2, 0.25) is 6.08 Å². The van der Waals surface area contributed by atoms with Gasteiger partial charge >= 0.3 is 0 Å². The number of rotatable bonds is 10. The third-order valence-corrected chi connectivity index (χ3v) is 2.72. The van der Waals surface area contributed by atoms with Crippen LogP contribution in [0.5, 0.6) is 0 Å². The lowest BCUT2D eigenvalue weighted by atomic mass is 10.0. The number of ether oxygens (including phenoxy) is 4. The van der Waals surface area contributed by atoms with E-state index in [2.05, 4.69) is 4.99 Å². The van der Waals surface area contributed by atoms with Crippen LogP contribution in [0, 0.1) is 0 Å². The van der Waals surface area contributed by atoms with Crippen molar-refractivity contribution < 1.29 is 28.8 Å². The molecule has 0 radical (unpaired) electrons. The molecule has 0 aliphatic carbocycles. The number of carbonyl (C=O) groups excluding carboxylic acids is 1. The van der Waals surface area contributed by atoms with Gasteiger partial charge in [0.1, 0.15) is 24.4 Å². The molecule has 0 heterocycles. The lowest BCUT2D eigenvalue weighted by molar-refractivity contribution is -0.154. The standard InChI is InChI=1S/C11H21NO6/c1-15-8(5-12-7-14)10(17-3)11(18-4)9(6-13)16-2/h8-11,13H,5-6H2,1-4H3/t8-,9+,10+,11+/m0/s1. The molecular weight excluding hydrogens is 242 g/mol. The van der Waals surface area contributed by atoms with E-state index in [0.717, 1.165) is 0 Å². The number of nitrogens with zero attached hydrogens (tertiary/aromatic N) is 1. The van der Waals surface area contributed by atoms with E-state index in [1.165, 1.54) is 34.5 Å². The molecule has 0 aromatic carbocycles. The highest BCUT2D eigenvalue weighted by Gasteiger charge is 2.35. The van der Waals surface area contributed by atoms with Crippen LogP contribution in [0.15, 0.2) is 4.99 Å². The van der Waals surface area contributed by atoms with E-state index in [1.54, 1.807) is 0 Å². The minimum absolute atomic E-state index is 0.0974. The van der Waals surface area contributed by atoms with Crippen molar-refractivity contribution in [1.29, 1.82) is 0 Å². The van der Waals surface area contributed by atoms with Gasteiger partial charge in [-0.15, -0.1) is 0 Å². The van der Waals surface area contributed by atoms with E-state index in [0.29, 0.717) is 0 Å². The minimum atomic E-state index is -0.558. The topological polar surface area (TPSA) is 86.6 Å². The number of hydrogen-bond acceptors (Lipinski definition) is 7. The number of hydrogen-bond donors (Lipinski definition) is 1. The third-order valence-electron chi connectivity index (χ3n) is 2.72. The largest absolute Gasteiger partial charge is 0.394 e. The summed E-state index contributed by atoms with van der Waals surface area (Å²) in [6.07, 6.45) is -0.687. The van der Waals surface area contributed by atoms with Crippen molar-refractivity contribution in [2.75, 3.05) is 41.6 Å². The lowest BCUT2D eigenvalue weighted by Crippen LogP contribution is -2.50. The second-order valence-electron chi connectivity index (χ2n) is 3.56. The van der Waals surface area contributed by atoms with E-state index >= 15 is 0 Å². The molecule has 18 heavy (non-hydrogen) atoms. The molecule has 0 rings (SSSR count). The Labute approximate surface area is 107 Å². The summed E-state index contributed by atoms with van der Waals surface area (Å²) in [5.74, 6) is 0. The second kappa shape index (κ2) is 10.1. The van der Waals surface area contributed by atoms with E-state index in [4.69, 9.17) is 18.9 Å². The van der Waals surface area contributed by atoms with Crippen molar-refractivity contribution in [3.8, 4) is 0 Å². The molecule has 106 valence electrons. The van der Waals surface area contributed by atoms with Crippen molar-refractivity contribution >= 4 is 6.08 Å². The molecule has 0 aromatic heterocycles. The summed E-state index contributed by atoms with van der Waals surface area (Å²) < 4.78 is 20.9. The number of methoxy groups -OCH3 is 4. The molecule has 0 fully saturated rings. The van der Waals surface area contributed by atoms with Crippen LogP contribution in [0.25, 0.3) is 0 Å². The normalized spacial score (nSPS) is 17.6. The Balaban J connectivity index is 4.90. The second-order valence-corrected chi connectivity index (χ2v) is 3.56. The Morgan fingerprint density at radius 1 is 1.00 bits per heavy atom. The van der Waals surface area contributed by atoms with E-state index in [1.807, 2.05) is 0 Å². The van der Waals surface area contributed by atoms with Crippen LogP contribution < -0.4 is 0 Å².